The molecule has 4 fully saturated rings. The van der Waals surface area contributed by atoms with Crippen molar-refractivity contribution in [2.24, 2.45) is 45.3 Å². The number of alkyl halides is 6. The Kier molecular flexibility index (Phi) is 17.2. The van der Waals surface area contributed by atoms with Gasteiger partial charge in [-0.15, -0.1) is 12.3 Å². The standard InChI is InChI=1S/C32H56F6O3Si2.C29H56O2Si2/c1-26(2,3)43(10,11)40-24-15-12-21-29(7)23(24)16-17-25(29)28(6,19-13-18-27(4,5)41-42(8)9)20-14-22-30(39,31(33,34)35)32(36,37)38;1-13-19-28(7,21-15-20-27(5,6)31-32(9)10)25-18-17-23-24(16-14-22-29(23,25)8)30-33(11,12)26(2,3)4/h23-25,39,42H,12-13,15-21H2,1-11H3;1,23-25,32H,14-22H2,2-12H3/t23?,24-,25+,28+,29-;23?,24-,25+,28-,29-/m00/s1/i4D3,5D3;5D3,6D3. The zero-order valence-electron chi connectivity index (χ0n) is 62.3. The summed E-state index contributed by atoms with van der Waals surface area (Å²) in [5.74, 6) is 6.78. The third kappa shape index (κ3) is 16.8. The third-order valence-electron chi connectivity index (χ3n) is 19.8. The van der Waals surface area contributed by atoms with E-state index in [2.05, 4.69) is 100 Å². The minimum atomic E-state index is -6.10. The molecular formula is C61H112F6O5Si4. The van der Waals surface area contributed by atoms with Crippen molar-refractivity contribution >= 4 is 34.7 Å². The van der Waals surface area contributed by atoms with E-state index in [4.69, 9.17) is 40.6 Å². The van der Waals surface area contributed by atoms with Crippen LogP contribution >= 0.6 is 0 Å². The molecule has 0 aromatic carbocycles. The molecule has 5 nitrogen and oxygen atoms in total. The first kappa shape index (κ1) is 52.2. The highest BCUT2D eigenvalue weighted by Gasteiger charge is 2.70. The predicted octanol–water partition coefficient (Wildman–Crippen LogP) is 18.4. The van der Waals surface area contributed by atoms with E-state index in [0.29, 0.717) is 37.5 Å². The number of fused-ring (bicyclic) bond motifs is 2. The van der Waals surface area contributed by atoms with Crippen LogP contribution in [-0.2, 0) is 17.7 Å². The van der Waals surface area contributed by atoms with E-state index in [1.165, 1.54) is 0 Å². The Balaban J connectivity index is 0.000000472. The minimum absolute atomic E-state index is 0.0185. The van der Waals surface area contributed by atoms with Crippen LogP contribution < -0.4 is 0 Å². The molecule has 2 unspecified atom stereocenters. The van der Waals surface area contributed by atoms with Gasteiger partial charge in [0.25, 0.3) is 0 Å². The van der Waals surface area contributed by atoms with Gasteiger partial charge in [0.15, 0.2) is 34.7 Å². The molecule has 4 saturated carbocycles. The molecule has 0 bridgehead atoms. The first-order chi connectivity index (χ1) is 39.1. The number of terminal acetylenes is 1. The first-order valence-corrected chi connectivity index (χ1v) is 40.0. The normalized spacial score (nSPS) is 31.9. The Labute approximate surface area is 484 Å². The van der Waals surface area contributed by atoms with Crippen molar-refractivity contribution in [1.82, 2.24) is 0 Å². The molecule has 0 aliphatic heterocycles. The molecule has 15 heteroatoms. The quantitative estimate of drug-likeness (QED) is 0.0748. The summed E-state index contributed by atoms with van der Waals surface area (Å²) in [4.78, 5) is 0. The number of halogens is 6. The van der Waals surface area contributed by atoms with Crippen molar-refractivity contribution in [3.63, 3.8) is 0 Å². The summed E-state index contributed by atoms with van der Waals surface area (Å²) in [7, 11) is -8.29. The lowest BCUT2D eigenvalue weighted by molar-refractivity contribution is -0.343. The van der Waals surface area contributed by atoms with E-state index in [0.717, 1.165) is 63.7 Å². The fourth-order valence-corrected chi connectivity index (χ4v) is 18.6. The SMILES string of the molecule is [2H]C([2H])([2H])C(CCC[C@](C)(CC#C)[C@H]1CCC2[C@@H](O[Si](C)(C)C(C)(C)C)CCC[C@@]21C)(O[SiH](C)C)C([2H])([2H])[2H].[2H]C([2H])([2H])C(CCC[C@](C)(CC#CC(O)(C(F)(F)F)C(F)(F)F)[C@H]1CCC2[C@@H](O[Si](C)(C)C(C)(C)C)CCC[C@@]21C)(O[SiH](C)C)C([2H])([2H])[2H]. The molecule has 0 spiro atoms. The van der Waals surface area contributed by atoms with Gasteiger partial charge in [-0.25, -0.2) is 0 Å². The van der Waals surface area contributed by atoms with Gasteiger partial charge in [0.1, 0.15) is 0 Å². The maximum absolute atomic E-state index is 13.5. The molecule has 10 atom stereocenters. The average Bonchev–Trinajstić information content (AvgIpc) is 1.63. The smallest absolute Gasteiger partial charge is 0.416 e. The molecule has 0 radical (unpaired) electrons. The van der Waals surface area contributed by atoms with Gasteiger partial charge in [-0.3, -0.25) is 0 Å². The second-order valence-corrected chi connectivity index (χ2v) is 42.8. The summed E-state index contributed by atoms with van der Waals surface area (Å²) in [6.45, 7) is 26.3. The summed E-state index contributed by atoms with van der Waals surface area (Å²) in [5.41, 5.74) is -11.5. The molecule has 0 aromatic heterocycles. The second-order valence-electron chi connectivity index (χ2n) is 28.7. The van der Waals surface area contributed by atoms with E-state index in [-0.39, 0.29) is 64.2 Å². The number of rotatable bonds is 20. The molecule has 0 aromatic rings. The fourth-order valence-electron chi connectivity index (χ4n) is 14.0. The van der Waals surface area contributed by atoms with Crippen LogP contribution in [0.5, 0.6) is 0 Å². The second kappa shape index (κ2) is 25.1. The number of hydrogen-bond donors (Lipinski definition) is 1. The van der Waals surface area contributed by atoms with Gasteiger partial charge in [0.2, 0.25) is 0 Å². The zero-order valence-corrected chi connectivity index (χ0v) is 54.6. The van der Waals surface area contributed by atoms with E-state index >= 15 is 0 Å². The topological polar surface area (TPSA) is 57.2 Å². The summed E-state index contributed by atoms with van der Waals surface area (Å²) in [6.07, 6.45) is 4.08. The van der Waals surface area contributed by atoms with Crippen molar-refractivity contribution in [2.75, 3.05) is 0 Å². The van der Waals surface area contributed by atoms with Gasteiger partial charge in [-0.2, -0.15) is 26.3 Å². The Hall–Kier alpha value is -0.632. The van der Waals surface area contributed by atoms with Crippen LogP contribution in [-0.4, -0.2) is 81.2 Å². The zero-order chi connectivity index (χ0) is 68.8. The van der Waals surface area contributed by atoms with Gasteiger partial charge in [-0.05, 0) is 218 Å². The Morgan fingerprint density at radius 2 is 0.947 bits per heavy atom. The number of hydrogen-bond acceptors (Lipinski definition) is 5. The largest absolute Gasteiger partial charge is 0.438 e. The number of aliphatic hydroxyl groups is 1. The van der Waals surface area contributed by atoms with E-state index in [1.54, 1.807) is 20.0 Å². The monoisotopic (exact) mass is 1160 g/mol. The van der Waals surface area contributed by atoms with Crippen LogP contribution in [0.1, 0.15) is 229 Å². The average molecular weight is 1160 g/mol. The van der Waals surface area contributed by atoms with Gasteiger partial charge in [0, 0.05) is 41.5 Å². The molecule has 0 saturated heterocycles. The summed E-state index contributed by atoms with van der Waals surface area (Å²) < 4.78 is 205. The van der Waals surface area contributed by atoms with Crippen LogP contribution in [0.15, 0.2) is 0 Å². The third-order valence-corrected chi connectivity index (χ3v) is 30.6. The lowest BCUT2D eigenvalue weighted by atomic mass is 9.56. The van der Waals surface area contributed by atoms with Crippen molar-refractivity contribution in [3.8, 4) is 24.2 Å². The molecule has 1 N–H and O–H groups in total. The van der Waals surface area contributed by atoms with Crippen LogP contribution in [0.25, 0.3) is 0 Å². The summed E-state index contributed by atoms with van der Waals surface area (Å²) in [5, 5.41) is 9.87. The first-order valence-electron chi connectivity index (χ1n) is 34.6. The van der Waals surface area contributed by atoms with Gasteiger partial charge in [0.05, 0.1) is 11.2 Å². The van der Waals surface area contributed by atoms with Crippen LogP contribution in [0.2, 0.25) is 62.5 Å². The van der Waals surface area contributed by atoms with E-state index < -0.39 is 115 Å². The lowest BCUT2D eigenvalue weighted by Crippen LogP contribution is -2.55. The van der Waals surface area contributed by atoms with Gasteiger partial charge < -0.3 is 22.8 Å². The maximum Gasteiger partial charge on any atom is 0.438 e. The molecular weight excluding hydrogens is 1040 g/mol. The highest BCUT2D eigenvalue weighted by molar-refractivity contribution is 6.74. The van der Waals surface area contributed by atoms with Crippen LogP contribution in [0, 0.1) is 69.5 Å². The summed E-state index contributed by atoms with van der Waals surface area (Å²) >= 11 is 0. The Morgan fingerprint density at radius 3 is 1.25 bits per heavy atom. The van der Waals surface area contributed by atoms with Crippen LogP contribution in [0.3, 0.4) is 0 Å². The van der Waals surface area contributed by atoms with Crippen molar-refractivity contribution < 1.29 is 65.6 Å². The van der Waals surface area contributed by atoms with E-state index in [1.807, 2.05) is 13.1 Å². The van der Waals surface area contributed by atoms with E-state index in [9.17, 15) is 31.4 Å². The van der Waals surface area contributed by atoms with Crippen LogP contribution in [0.4, 0.5) is 26.3 Å². The molecule has 4 aliphatic carbocycles. The van der Waals surface area contributed by atoms with Crippen molar-refractivity contribution in [1.29, 1.82) is 0 Å². The van der Waals surface area contributed by atoms with Crippen molar-refractivity contribution in [3.05, 3.63) is 0 Å². The predicted molar refractivity (Wildman–Crippen MR) is 315 cm³/mol. The Morgan fingerprint density at radius 1 is 0.592 bits per heavy atom. The molecule has 4 aliphatic rings. The molecule has 444 valence electrons. The Bertz CT molecular complexity index is 2360. The maximum atomic E-state index is 13.5. The minimum Gasteiger partial charge on any atom is -0.416 e. The van der Waals surface area contributed by atoms with Gasteiger partial charge in [-0.1, -0.05) is 101 Å². The van der Waals surface area contributed by atoms with Crippen molar-refractivity contribution in [2.45, 2.75) is 316 Å². The molecule has 0 amide bonds. The highest BCUT2D eigenvalue weighted by Crippen LogP contribution is 2.65. The molecule has 76 heavy (non-hydrogen) atoms. The highest BCUT2D eigenvalue weighted by atomic mass is 28.4. The fraction of sp³-hybridized carbons (Fsp3) is 0.934. The molecule has 0 heterocycles. The lowest BCUT2D eigenvalue weighted by Gasteiger charge is -2.52. The van der Waals surface area contributed by atoms with Gasteiger partial charge >= 0.3 is 18.0 Å². The molecule has 4 rings (SSSR count). The summed E-state index contributed by atoms with van der Waals surface area (Å²) in [6, 6.07) is 0.